The van der Waals surface area contributed by atoms with E-state index in [4.69, 9.17) is 0 Å². The van der Waals surface area contributed by atoms with Crippen molar-refractivity contribution in [3.05, 3.63) is 71.6 Å². The summed E-state index contributed by atoms with van der Waals surface area (Å²) in [5.41, 5.74) is 4.56. The summed E-state index contributed by atoms with van der Waals surface area (Å²) in [6.45, 7) is 7.84. The smallest absolute Gasteiger partial charge is 0.255 e. The fraction of sp³-hybridized carbons (Fsp3) is 0.125. The number of nitrogens with one attached hydrogen (secondary N) is 1. The maximum Gasteiger partial charge on any atom is 0.255 e. The van der Waals surface area contributed by atoms with Gasteiger partial charge in [-0.25, -0.2) is 0 Å². The lowest BCUT2D eigenvalue weighted by atomic mass is 10.1. The van der Waals surface area contributed by atoms with E-state index in [1.165, 1.54) is 5.56 Å². The molecule has 0 aliphatic heterocycles. The highest BCUT2D eigenvalue weighted by Gasteiger charge is 2.07. The third kappa shape index (κ3) is 2.77. The first-order chi connectivity index (χ1) is 8.56. The molecule has 0 unspecified atom stereocenters. The van der Waals surface area contributed by atoms with Crippen molar-refractivity contribution in [3.63, 3.8) is 0 Å². The van der Waals surface area contributed by atoms with Crippen LogP contribution in [-0.4, -0.2) is 5.91 Å². The summed E-state index contributed by atoms with van der Waals surface area (Å²) in [6.07, 6.45) is 0. The van der Waals surface area contributed by atoms with Gasteiger partial charge in [0.2, 0.25) is 0 Å². The van der Waals surface area contributed by atoms with Crippen molar-refractivity contribution in [2.45, 2.75) is 13.8 Å². The first-order valence-corrected chi connectivity index (χ1v) is 5.87. The Morgan fingerprint density at radius 3 is 2.56 bits per heavy atom. The van der Waals surface area contributed by atoms with Gasteiger partial charge in [0.15, 0.2) is 0 Å². The van der Waals surface area contributed by atoms with Crippen LogP contribution >= 0.6 is 0 Å². The molecule has 1 radical (unpaired) electrons. The average Bonchev–Trinajstić information content (AvgIpc) is 2.32. The topological polar surface area (TPSA) is 29.1 Å². The number of anilines is 1. The lowest BCUT2D eigenvalue weighted by Crippen LogP contribution is -2.12. The molecule has 0 spiro atoms. The van der Waals surface area contributed by atoms with Crippen LogP contribution in [0.2, 0.25) is 0 Å². The van der Waals surface area contributed by atoms with Gasteiger partial charge in [-0.1, -0.05) is 29.8 Å². The second-order valence-electron chi connectivity index (χ2n) is 4.47. The molecular formula is C16H16NO. The molecule has 0 aromatic heterocycles. The molecule has 0 bridgehead atoms. The number of carbonyl (C=O) groups is 1. The average molecular weight is 238 g/mol. The molecule has 2 nitrogen and oxygen atoms in total. The predicted molar refractivity (Wildman–Crippen MR) is 74.8 cm³/mol. The number of benzene rings is 2. The molecule has 1 N–H and O–H groups in total. The molecule has 0 atom stereocenters. The number of amides is 1. The van der Waals surface area contributed by atoms with Crippen molar-refractivity contribution in [2.24, 2.45) is 0 Å². The summed E-state index contributed by atoms with van der Waals surface area (Å²) in [6, 6.07) is 13.2. The van der Waals surface area contributed by atoms with Gasteiger partial charge in [-0.3, -0.25) is 4.79 Å². The van der Waals surface area contributed by atoms with Crippen molar-refractivity contribution in [1.82, 2.24) is 0 Å². The van der Waals surface area contributed by atoms with Gasteiger partial charge in [-0.15, -0.1) is 0 Å². The molecule has 91 valence electrons. The largest absolute Gasteiger partial charge is 0.322 e. The molecule has 2 rings (SSSR count). The molecule has 0 fully saturated rings. The number of hydrogen-bond acceptors (Lipinski definition) is 1. The van der Waals surface area contributed by atoms with Crippen LogP contribution in [0, 0.1) is 20.8 Å². The first kappa shape index (κ1) is 12.4. The third-order valence-corrected chi connectivity index (χ3v) is 2.82. The Morgan fingerprint density at radius 1 is 1.11 bits per heavy atom. The first-order valence-electron chi connectivity index (χ1n) is 5.87. The summed E-state index contributed by atoms with van der Waals surface area (Å²) in [5.74, 6) is -0.104. The zero-order valence-electron chi connectivity index (χ0n) is 10.7. The maximum atomic E-state index is 12.1. The molecule has 0 aliphatic carbocycles. The van der Waals surface area contributed by atoms with E-state index in [-0.39, 0.29) is 5.91 Å². The number of aryl methyl sites for hydroxylation is 2. The normalized spacial score (nSPS) is 10.2. The van der Waals surface area contributed by atoms with Crippen LogP contribution in [-0.2, 0) is 0 Å². The number of rotatable bonds is 2. The molecule has 0 aliphatic rings. The Bertz CT molecular complexity index is 587. The molecule has 0 saturated carbocycles. The van der Waals surface area contributed by atoms with Gasteiger partial charge < -0.3 is 5.32 Å². The van der Waals surface area contributed by atoms with Crippen LogP contribution in [0.15, 0.2) is 42.5 Å². The molecule has 18 heavy (non-hydrogen) atoms. The minimum Gasteiger partial charge on any atom is -0.322 e. The van der Waals surface area contributed by atoms with Crippen LogP contribution in [0.25, 0.3) is 0 Å². The zero-order valence-corrected chi connectivity index (χ0v) is 10.7. The zero-order chi connectivity index (χ0) is 13.1. The number of carbonyl (C=O) groups excluding carboxylic acids is 1. The Kier molecular flexibility index (Phi) is 3.47. The summed E-state index contributed by atoms with van der Waals surface area (Å²) in [5, 5.41) is 2.91. The van der Waals surface area contributed by atoms with Crippen molar-refractivity contribution in [2.75, 3.05) is 5.32 Å². The molecule has 2 heteroatoms. The Hall–Kier alpha value is -2.09. The van der Waals surface area contributed by atoms with Crippen LogP contribution in [0.1, 0.15) is 27.0 Å². The lowest BCUT2D eigenvalue weighted by Gasteiger charge is -2.09. The second kappa shape index (κ2) is 5.05. The van der Waals surface area contributed by atoms with Crippen molar-refractivity contribution in [1.29, 1.82) is 0 Å². The fourth-order valence-electron chi connectivity index (χ4n) is 1.86. The molecule has 2 aromatic carbocycles. The van der Waals surface area contributed by atoms with Crippen molar-refractivity contribution in [3.8, 4) is 0 Å². The molecule has 0 saturated heterocycles. The highest BCUT2D eigenvalue weighted by atomic mass is 16.1. The maximum absolute atomic E-state index is 12.1. The van der Waals surface area contributed by atoms with Gasteiger partial charge >= 0.3 is 0 Å². The van der Waals surface area contributed by atoms with Gasteiger partial charge in [0.25, 0.3) is 5.91 Å². The van der Waals surface area contributed by atoms with Gasteiger partial charge in [0.05, 0.1) is 0 Å². The quantitative estimate of drug-likeness (QED) is 0.848. The lowest BCUT2D eigenvalue weighted by molar-refractivity contribution is 0.102. The molecular weight excluding hydrogens is 222 g/mol. The molecule has 2 aromatic rings. The van der Waals surface area contributed by atoms with Crippen LogP contribution in [0.4, 0.5) is 5.69 Å². The van der Waals surface area contributed by atoms with Gasteiger partial charge in [0, 0.05) is 11.3 Å². The van der Waals surface area contributed by atoms with E-state index in [0.29, 0.717) is 5.56 Å². The molecule has 0 heterocycles. The highest BCUT2D eigenvalue weighted by molar-refractivity contribution is 6.04. The van der Waals surface area contributed by atoms with Crippen LogP contribution < -0.4 is 5.32 Å². The van der Waals surface area contributed by atoms with E-state index >= 15 is 0 Å². The van der Waals surface area contributed by atoms with Crippen LogP contribution in [0.5, 0.6) is 0 Å². The predicted octanol–water partition coefficient (Wildman–Crippen LogP) is 3.74. The summed E-state index contributed by atoms with van der Waals surface area (Å²) in [4.78, 5) is 12.1. The standard InChI is InChI=1S/C16H16NO/c1-11-5-4-6-14(10-11)16(18)17-15-8-7-12(2)9-13(15)3/h4-10H,1H2,2-3H3,(H,17,18). The van der Waals surface area contributed by atoms with E-state index < -0.39 is 0 Å². The minimum absolute atomic E-state index is 0.104. The van der Waals surface area contributed by atoms with E-state index in [2.05, 4.69) is 12.2 Å². The van der Waals surface area contributed by atoms with Gasteiger partial charge in [-0.05, 0) is 50.1 Å². The van der Waals surface area contributed by atoms with Gasteiger partial charge in [0.1, 0.15) is 0 Å². The van der Waals surface area contributed by atoms with Crippen molar-refractivity contribution >= 4 is 11.6 Å². The molecule has 1 amide bonds. The van der Waals surface area contributed by atoms with E-state index in [1.807, 2.05) is 44.2 Å². The van der Waals surface area contributed by atoms with Gasteiger partial charge in [-0.2, -0.15) is 0 Å². The summed E-state index contributed by atoms with van der Waals surface area (Å²) in [7, 11) is 0. The highest BCUT2D eigenvalue weighted by Crippen LogP contribution is 2.17. The SMILES string of the molecule is [CH2]c1cccc(C(=O)Nc2ccc(C)cc2C)c1. The fourth-order valence-corrected chi connectivity index (χ4v) is 1.86. The van der Waals surface area contributed by atoms with E-state index in [1.54, 1.807) is 12.1 Å². The number of hydrogen-bond donors (Lipinski definition) is 1. The minimum atomic E-state index is -0.104. The summed E-state index contributed by atoms with van der Waals surface area (Å²) < 4.78 is 0. The monoisotopic (exact) mass is 238 g/mol. The second-order valence-corrected chi connectivity index (χ2v) is 4.47. The van der Waals surface area contributed by atoms with Crippen molar-refractivity contribution < 1.29 is 4.79 Å². The Morgan fingerprint density at radius 2 is 1.89 bits per heavy atom. The Labute approximate surface area is 108 Å². The van der Waals surface area contributed by atoms with E-state index in [0.717, 1.165) is 16.8 Å². The summed E-state index contributed by atoms with van der Waals surface area (Å²) >= 11 is 0. The third-order valence-electron chi connectivity index (χ3n) is 2.82. The Balaban J connectivity index is 2.21. The van der Waals surface area contributed by atoms with E-state index in [9.17, 15) is 4.79 Å². The van der Waals surface area contributed by atoms with Crippen LogP contribution in [0.3, 0.4) is 0 Å².